The molecule has 0 spiro atoms. The van der Waals surface area contributed by atoms with Crippen molar-refractivity contribution in [3.8, 4) is 0 Å². The van der Waals surface area contributed by atoms with E-state index < -0.39 is 0 Å². The van der Waals surface area contributed by atoms with Crippen LogP contribution >= 0.6 is 11.8 Å². The Morgan fingerprint density at radius 3 is 2.88 bits per heavy atom. The van der Waals surface area contributed by atoms with Crippen molar-refractivity contribution in [3.63, 3.8) is 0 Å². The van der Waals surface area contributed by atoms with Gasteiger partial charge in [0.2, 0.25) is 5.91 Å². The first-order valence-electron chi connectivity index (χ1n) is 2.42. The van der Waals surface area contributed by atoms with E-state index in [0.29, 0.717) is 5.75 Å². The lowest BCUT2D eigenvalue weighted by Gasteiger charge is -1.88. The highest BCUT2D eigenvalue weighted by Gasteiger charge is 2.12. The minimum Gasteiger partial charge on any atom is -0.320 e. The molecule has 0 radical (unpaired) electrons. The van der Waals surface area contributed by atoms with Crippen molar-refractivity contribution in [3.05, 3.63) is 11.1 Å². The van der Waals surface area contributed by atoms with Crippen molar-refractivity contribution in [2.45, 2.75) is 6.92 Å². The molecule has 3 heteroatoms. The van der Waals surface area contributed by atoms with Crippen LogP contribution in [0.2, 0.25) is 0 Å². The number of rotatable bonds is 0. The van der Waals surface area contributed by atoms with Gasteiger partial charge in [0.25, 0.3) is 0 Å². The summed E-state index contributed by atoms with van der Waals surface area (Å²) >= 11 is 1.55. The zero-order chi connectivity index (χ0) is 5.98. The van der Waals surface area contributed by atoms with E-state index in [2.05, 4.69) is 5.32 Å². The van der Waals surface area contributed by atoms with Gasteiger partial charge >= 0.3 is 0 Å². The predicted molar refractivity (Wildman–Crippen MR) is 34.4 cm³/mol. The second kappa shape index (κ2) is 2.22. The molecular formula is C5H7NOS. The number of nitrogens with one attached hydrogen (secondary N) is 1. The first kappa shape index (κ1) is 5.69. The van der Waals surface area contributed by atoms with Gasteiger partial charge in [-0.1, -0.05) is 17.8 Å². The molecule has 0 aromatic rings. The van der Waals surface area contributed by atoms with E-state index in [0.717, 1.165) is 5.03 Å². The third-order valence-electron chi connectivity index (χ3n) is 0.884. The van der Waals surface area contributed by atoms with Gasteiger partial charge in [-0.3, -0.25) is 4.79 Å². The van der Waals surface area contributed by atoms with Gasteiger partial charge in [0, 0.05) is 0 Å². The van der Waals surface area contributed by atoms with Crippen molar-refractivity contribution in [2.24, 2.45) is 0 Å². The lowest BCUT2D eigenvalue weighted by atomic mass is 10.6. The normalized spacial score (nSPS) is 24.1. The van der Waals surface area contributed by atoms with Gasteiger partial charge in [0.05, 0.1) is 10.8 Å². The average Bonchev–Trinajstić information content (AvgIpc) is 2.14. The Morgan fingerprint density at radius 1 is 1.88 bits per heavy atom. The fourth-order valence-electron chi connectivity index (χ4n) is 0.508. The maximum absolute atomic E-state index is 10.4. The Hall–Kier alpha value is -0.440. The minimum absolute atomic E-state index is 0.114. The Bertz CT molecular complexity index is 141. The second-order valence-corrected chi connectivity index (χ2v) is 2.51. The molecule has 2 nitrogen and oxygen atoms in total. The molecule has 0 bridgehead atoms. The molecule has 1 amide bonds. The first-order chi connectivity index (χ1) is 3.83. The quantitative estimate of drug-likeness (QED) is 0.522. The summed E-state index contributed by atoms with van der Waals surface area (Å²) in [7, 11) is 0. The van der Waals surface area contributed by atoms with Gasteiger partial charge in [-0.2, -0.15) is 0 Å². The zero-order valence-electron chi connectivity index (χ0n) is 4.60. The largest absolute Gasteiger partial charge is 0.320 e. The molecule has 0 aliphatic carbocycles. The molecule has 0 aromatic carbocycles. The lowest BCUT2D eigenvalue weighted by Crippen LogP contribution is -2.13. The molecule has 0 unspecified atom stereocenters. The van der Waals surface area contributed by atoms with Crippen molar-refractivity contribution in [1.29, 1.82) is 0 Å². The Morgan fingerprint density at radius 2 is 2.62 bits per heavy atom. The molecule has 0 atom stereocenters. The first-order valence-corrected chi connectivity index (χ1v) is 3.40. The fraction of sp³-hybridized carbons (Fsp3) is 0.400. The van der Waals surface area contributed by atoms with Gasteiger partial charge in [0.1, 0.15) is 0 Å². The number of carbonyl (C=O) groups excluding carboxylic acids is 1. The molecule has 1 fully saturated rings. The number of hydrogen-bond donors (Lipinski definition) is 1. The lowest BCUT2D eigenvalue weighted by molar-refractivity contribution is -0.117. The average molecular weight is 129 g/mol. The molecule has 8 heavy (non-hydrogen) atoms. The van der Waals surface area contributed by atoms with Crippen LogP contribution in [0.5, 0.6) is 0 Å². The SMILES string of the molecule is C/C=C1/NC(=O)CS1. The Labute approximate surface area is 52.3 Å². The monoisotopic (exact) mass is 129 g/mol. The smallest absolute Gasteiger partial charge is 0.235 e. The molecule has 1 N–H and O–H groups in total. The summed E-state index contributed by atoms with van der Waals surface area (Å²) < 4.78 is 0. The van der Waals surface area contributed by atoms with E-state index in [1.54, 1.807) is 11.8 Å². The third-order valence-corrected chi connectivity index (χ3v) is 1.94. The fourth-order valence-corrected chi connectivity index (χ4v) is 1.22. The topological polar surface area (TPSA) is 29.1 Å². The molecule has 0 aromatic heterocycles. The number of amides is 1. The summed E-state index contributed by atoms with van der Waals surface area (Å²) in [6, 6.07) is 0. The van der Waals surface area contributed by atoms with Crippen LogP contribution in [0.4, 0.5) is 0 Å². The highest BCUT2D eigenvalue weighted by molar-refractivity contribution is 8.04. The second-order valence-electron chi connectivity index (χ2n) is 1.49. The highest BCUT2D eigenvalue weighted by atomic mass is 32.2. The highest BCUT2D eigenvalue weighted by Crippen LogP contribution is 2.17. The standard InChI is InChI=1S/C5H7NOS/c1-2-5-6-4(7)3-8-5/h2H,3H2,1H3,(H,6,7)/b5-2-. The van der Waals surface area contributed by atoms with Crippen LogP contribution in [0.1, 0.15) is 6.92 Å². The number of allylic oxidation sites excluding steroid dienone is 1. The van der Waals surface area contributed by atoms with Crippen LogP contribution in [0.25, 0.3) is 0 Å². The zero-order valence-corrected chi connectivity index (χ0v) is 5.42. The molecule has 1 aliphatic rings. The summed E-state index contributed by atoms with van der Waals surface area (Å²) in [6.07, 6.45) is 1.90. The van der Waals surface area contributed by atoms with Crippen LogP contribution in [0.15, 0.2) is 11.1 Å². The van der Waals surface area contributed by atoms with Gasteiger partial charge in [-0.25, -0.2) is 0 Å². The summed E-state index contributed by atoms with van der Waals surface area (Å²) in [4.78, 5) is 10.4. The van der Waals surface area contributed by atoms with Crippen LogP contribution in [-0.4, -0.2) is 11.7 Å². The Kier molecular flexibility index (Phi) is 1.58. The van der Waals surface area contributed by atoms with Gasteiger partial charge in [-0.15, -0.1) is 0 Å². The Balaban J connectivity index is 2.56. The third kappa shape index (κ3) is 1.04. The molecule has 1 aliphatic heterocycles. The van der Waals surface area contributed by atoms with Crippen LogP contribution < -0.4 is 5.32 Å². The van der Waals surface area contributed by atoms with E-state index in [1.807, 2.05) is 13.0 Å². The van der Waals surface area contributed by atoms with E-state index in [4.69, 9.17) is 0 Å². The summed E-state index contributed by atoms with van der Waals surface area (Å²) in [5, 5.41) is 3.67. The maximum Gasteiger partial charge on any atom is 0.235 e. The molecule has 0 saturated carbocycles. The van der Waals surface area contributed by atoms with Gasteiger partial charge in [-0.05, 0) is 6.92 Å². The molecule has 1 rings (SSSR count). The van der Waals surface area contributed by atoms with E-state index >= 15 is 0 Å². The van der Waals surface area contributed by atoms with Crippen molar-refractivity contribution in [2.75, 3.05) is 5.75 Å². The number of carbonyl (C=O) groups is 1. The van der Waals surface area contributed by atoms with E-state index in [1.165, 1.54) is 0 Å². The van der Waals surface area contributed by atoms with Gasteiger partial charge in [0.15, 0.2) is 0 Å². The minimum atomic E-state index is 0.114. The summed E-state index contributed by atoms with van der Waals surface area (Å²) in [5.74, 6) is 0.697. The van der Waals surface area contributed by atoms with Crippen molar-refractivity contribution >= 4 is 17.7 Å². The summed E-state index contributed by atoms with van der Waals surface area (Å²) in [6.45, 7) is 1.91. The van der Waals surface area contributed by atoms with Crippen molar-refractivity contribution < 1.29 is 4.79 Å². The summed E-state index contributed by atoms with van der Waals surface area (Å²) in [5.41, 5.74) is 0. The van der Waals surface area contributed by atoms with E-state index in [9.17, 15) is 4.79 Å². The predicted octanol–water partition coefficient (Wildman–Crippen LogP) is 0.711. The molecule has 44 valence electrons. The van der Waals surface area contributed by atoms with Crippen molar-refractivity contribution in [1.82, 2.24) is 5.32 Å². The number of thioether (sulfide) groups is 1. The number of hydrogen-bond acceptors (Lipinski definition) is 2. The van der Waals surface area contributed by atoms with Crippen LogP contribution in [0.3, 0.4) is 0 Å². The van der Waals surface area contributed by atoms with Crippen LogP contribution in [-0.2, 0) is 4.79 Å². The molecular weight excluding hydrogens is 122 g/mol. The van der Waals surface area contributed by atoms with Gasteiger partial charge < -0.3 is 5.32 Å². The maximum atomic E-state index is 10.4. The van der Waals surface area contributed by atoms with Crippen LogP contribution in [0, 0.1) is 0 Å². The molecule has 1 heterocycles. The van der Waals surface area contributed by atoms with E-state index in [-0.39, 0.29) is 5.91 Å². The molecule has 1 saturated heterocycles.